The van der Waals surface area contributed by atoms with Crippen LogP contribution in [0.5, 0.6) is 0 Å². The van der Waals surface area contributed by atoms with Crippen molar-refractivity contribution in [3.8, 4) is 0 Å². The fourth-order valence-electron chi connectivity index (χ4n) is 1.79. The third-order valence-corrected chi connectivity index (χ3v) is 4.51. The van der Waals surface area contributed by atoms with Gasteiger partial charge in [0.2, 0.25) is 5.91 Å². The molecule has 7 heteroatoms. The van der Waals surface area contributed by atoms with Crippen LogP contribution in [0.3, 0.4) is 0 Å². The van der Waals surface area contributed by atoms with Gasteiger partial charge in [0.15, 0.2) is 0 Å². The molecule has 1 unspecified atom stereocenters. The van der Waals surface area contributed by atoms with Crippen molar-refractivity contribution in [3.63, 3.8) is 0 Å². The lowest BCUT2D eigenvalue weighted by Gasteiger charge is -2.18. The molecule has 0 radical (unpaired) electrons. The third-order valence-electron chi connectivity index (χ3n) is 2.78. The van der Waals surface area contributed by atoms with Gasteiger partial charge in [-0.05, 0) is 30.5 Å². The zero-order valence-electron chi connectivity index (χ0n) is 12.7. The summed E-state index contributed by atoms with van der Waals surface area (Å²) in [5.41, 5.74) is 0. The molecule has 1 N–H and O–H groups in total. The van der Waals surface area contributed by atoms with Gasteiger partial charge in [-0.15, -0.1) is 11.8 Å². The minimum absolute atomic E-state index is 0.144. The first-order chi connectivity index (χ1) is 10.3. The largest absolute Gasteiger partial charge is 0.467 e. The van der Waals surface area contributed by atoms with Crippen molar-refractivity contribution >= 4 is 46.8 Å². The molecular formula is C15H19Cl2NO3S. The molecule has 1 amide bonds. The summed E-state index contributed by atoms with van der Waals surface area (Å²) in [4.78, 5) is 24.4. The number of esters is 1. The van der Waals surface area contributed by atoms with Gasteiger partial charge in [-0.3, -0.25) is 4.79 Å². The number of nitrogens with one attached hydrogen (secondary N) is 1. The Balaban J connectivity index is 2.60. The lowest BCUT2D eigenvalue weighted by atomic mass is 10.0. The highest BCUT2D eigenvalue weighted by molar-refractivity contribution is 8.00. The first-order valence-electron chi connectivity index (χ1n) is 6.78. The normalized spacial score (nSPS) is 12.1. The van der Waals surface area contributed by atoms with Gasteiger partial charge >= 0.3 is 5.97 Å². The molecule has 0 heterocycles. The van der Waals surface area contributed by atoms with Gasteiger partial charge in [0.1, 0.15) is 6.04 Å². The smallest absolute Gasteiger partial charge is 0.328 e. The van der Waals surface area contributed by atoms with Crippen molar-refractivity contribution in [3.05, 3.63) is 28.2 Å². The molecule has 4 nitrogen and oxygen atoms in total. The summed E-state index contributed by atoms with van der Waals surface area (Å²) in [6, 6.07) is 4.44. The Morgan fingerprint density at radius 2 is 2.00 bits per heavy atom. The van der Waals surface area contributed by atoms with Gasteiger partial charge in [-0.25, -0.2) is 4.79 Å². The summed E-state index contributed by atoms with van der Waals surface area (Å²) >= 11 is 13.2. The lowest BCUT2D eigenvalue weighted by molar-refractivity contribution is -0.145. The first kappa shape index (κ1) is 19.1. The average molecular weight is 364 g/mol. The Bertz CT molecular complexity index is 538. The predicted octanol–water partition coefficient (Wildman–Crippen LogP) is 3.79. The number of amides is 1. The van der Waals surface area contributed by atoms with E-state index >= 15 is 0 Å². The summed E-state index contributed by atoms with van der Waals surface area (Å²) in [6.07, 6.45) is 0.529. The van der Waals surface area contributed by atoms with Crippen molar-refractivity contribution in [2.45, 2.75) is 31.2 Å². The molecular weight excluding hydrogens is 345 g/mol. The van der Waals surface area contributed by atoms with Crippen molar-refractivity contribution in [2.24, 2.45) is 5.92 Å². The molecule has 22 heavy (non-hydrogen) atoms. The van der Waals surface area contributed by atoms with E-state index in [1.165, 1.54) is 18.9 Å². The van der Waals surface area contributed by atoms with Crippen molar-refractivity contribution in [1.82, 2.24) is 5.32 Å². The van der Waals surface area contributed by atoms with Crippen LogP contribution >= 0.6 is 35.0 Å². The number of ether oxygens (including phenoxy) is 1. The van der Waals surface area contributed by atoms with E-state index in [9.17, 15) is 9.59 Å². The third kappa shape index (κ3) is 6.46. The maximum absolute atomic E-state index is 12.0. The summed E-state index contributed by atoms with van der Waals surface area (Å²) < 4.78 is 4.71. The van der Waals surface area contributed by atoms with Gasteiger partial charge in [0.05, 0.1) is 17.9 Å². The number of methoxy groups -OCH3 is 1. The van der Waals surface area contributed by atoms with Gasteiger partial charge < -0.3 is 10.1 Å². The second-order valence-corrected chi connectivity index (χ2v) is 7.00. The number of halogens is 2. The molecule has 0 aliphatic heterocycles. The second kappa shape index (κ2) is 9.28. The minimum atomic E-state index is -0.632. The Kier molecular flexibility index (Phi) is 8.07. The minimum Gasteiger partial charge on any atom is -0.467 e. The quantitative estimate of drug-likeness (QED) is 0.591. The Labute approximate surface area is 144 Å². The summed E-state index contributed by atoms with van der Waals surface area (Å²) in [5, 5.41) is 3.78. The van der Waals surface area contributed by atoms with Crippen LogP contribution in [0.4, 0.5) is 0 Å². The summed E-state index contributed by atoms with van der Waals surface area (Å²) in [5.74, 6) is -0.282. The first-order valence-corrected chi connectivity index (χ1v) is 8.52. The number of carbonyl (C=O) groups is 2. The molecule has 0 aromatic heterocycles. The van der Waals surface area contributed by atoms with E-state index in [0.717, 1.165) is 4.90 Å². The van der Waals surface area contributed by atoms with E-state index in [1.807, 2.05) is 13.8 Å². The van der Waals surface area contributed by atoms with Crippen LogP contribution < -0.4 is 5.32 Å². The van der Waals surface area contributed by atoms with Crippen LogP contribution in [0, 0.1) is 5.92 Å². The molecule has 0 spiro atoms. The van der Waals surface area contributed by atoms with Crippen LogP contribution in [0.1, 0.15) is 20.3 Å². The Morgan fingerprint density at radius 1 is 1.32 bits per heavy atom. The van der Waals surface area contributed by atoms with E-state index in [2.05, 4.69) is 5.32 Å². The van der Waals surface area contributed by atoms with Crippen LogP contribution in [0.15, 0.2) is 23.1 Å². The molecule has 0 aliphatic carbocycles. The lowest BCUT2D eigenvalue weighted by Crippen LogP contribution is -2.43. The molecule has 1 aromatic rings. The molecule has 1 aromatic carbocycles. The molecule has 122 valence electrons. The number of thioether (sulfide) groups is 1. The molecule has 0 bridgehead atoms. The fourth-order valence-corrected chi connectivity index (χ4v) is 3.10. The summed E-state index contributed by atoms with van der Waals surface area (Å²) in [6.45, 7) is 3.95. The van der Waals surface area contributed by atoms with Crippen molar-refractivity contribution in [2.75, 3.05) is 12.9 Å². The number of rotatable bonds is 7. The number of hydrogen-bond donors (Lipinski definition) is 1. The predicted molar refractivity (Wildman–Crippen MR) is 90.6 cm³/mol. The van der Waals surface area contributed by atoms with E-state index in [0.29, 0.717) is 16.5 Å². The van der Waals surface area contributed by atoms with Crippen LogP contribution in [0.2, 0.25) is 10.0 Å². The van der Waals surface area contributed by atoms with Crippen molar-refractivity contribution < 1.29 is 14.3 Å². The Hall–Kier alpha value is -0.910. The van der Waals surface area contributed by atoms with Crippen LogP contribution in [-0.2, 0) is 14.3 Å². The highest BCUT2D eigenvalue weighted by Gasteiger charge is 2.22. The molecule has 1 atom stereocenters. The highest BCUT2D eigenvalue weighted by Crippen LogP contribution is 2.29. The zero-order valence-corrected chi connectivity index (χ0v) is 15.0. The van der Waals surface area contributed by atoms with Crippen LogP contribution in [0.25, 0.3) is 0 Å². The average Bonchev–Trinajstić information content (AvgIpc) is 2.46. The van der Waals surface area contributed by atoms with E-state index < -0.39 is 12.0 Å². The van der Waals surface area contributed by atoms with Crippen LogP contribution in [-0.4, -0.2) is 30.8 Å². The topological polar surface area (TPSA) is 55.4 Å². The van der Waals surface area contributed by atoms with E-state index in [1.54, 1.807) is 18.2 Å². The van der Waals surface area contributed by atoms with Gasteiger partial charge in [-0.2, -0.15) is 0 Å². The molecule has 0 aliphatic rings. The van der Waals surface area contributed by atoms with Crippen molar-refractivity contribution in [1.29, 1.82) is 0 Å². The molecule has 0 saturated carbocycles. The standard InChI is InChI=1S/C15H19Cl2NO3S/c1-9(2)6-12(15(20)21-3)18-14(19)8-22-13-7-10(16)4-5-11(13)17/h4-5,7,9,12H,6,8H2,1-3H3,(H,18,19). The number of carbonyl (C=O) groups excluding carboxylic acids is 2. The molecule has 0 fully saturated rings. The highest BCUT2D eigenvalue weighted by atomic mass is 35.5. The SMILES string of the molecule is COC(=O)C(CC(C)C)NC(=O)CSc1cc(Cl)ccc1Cl. The van der Waals surface area contributed by atoms with E-state index in [4.69, 9.17) is 27.9 Å². The zero-order chi connectivity index (χ0) is 16.7. The number of benzene rings is 1. The molecule has 0 saturated heterocycles. The maximum atomic E-state index is 12.0. The molecule has 1 rings (SSSR count). The van der Waals surface area contributed by atoms with E-state index in [-0.39, 0.29) is 17.6 Å². The fraction of sp³-hybridized carbons (Fsp3) is 0.467. The van der Waals surface area contributed by atoms with Gasteiger partial charge in [0.25, 0.3) is 0 Å². The Morgan fingerprint density at radius 3 is 2.59 bits per heavy atom. The van der Waals surface area contributed by atoms with Gasteiger partial charge in [0, 0.05) is 9.92 Å². The maximum Gasteiger partial charge on any atom is 0.328 e. The number of hydrogen-bond acceptors (Lipinski definition) is 4. The second-order valence-electron chi connectivity index (χ2n) is 5.14. The summed E-state index contributed by atoms with van der Waals surface area (Å²) in [7, 11) is 1.31. The monoisotopic (exact) mass is 363 g/mol. The van der Waals surface area contributed by atoms with Gasteiger partial charge in [-0.1, -0.05) is 37.0 Å².